The van der Waals surface area contributed by atoms with E-state index in [9.17, 15) is 14.7 Å². The molecule has 9 heteroatoms. The number of rotatable bonds is 17. The summed E-state index contributed by atoms with van der Waals surface area (Å²) in [5, 5.41) is 21.3. The minimum Gasteiger partial charge on any atom is -0.395 e. The summed E-state index contributed by atoms with van der Waals surface area (Å²) >= 11 is 0. The third kappa shape index (κ3) is 9.97. The highest BCUT2D eigenvalue weighted by Gasteiger charge is 2.24. The lowest BCUT2D eigenvalue weighted by atomic mass is 9.99. The van der Waals surface area contributed by atoms with Gasteiger partial charge in [0.05, 0.1) is 18.7 Å². The van der Waals surface area contributed by atoms with Crippen molar-refractivity contribution < 1.29 is 14.7 Å². The Labute approximate surface area is 266 Å². The van der Waals surface area contributed by atoms with E-state index in [2.05, 4.69) is 62.9 Å². The van der Waals surface area contributed by atoms with Gasteiger partial charge in [-0.05, 0) is 73.2 Å². The third-order valence-corrected chi connectivity index (χ3v) is 8.04. The maximum Gasteiger partial charge on any atom is 0.251 e. The van der Waals surface area contributed by atoms with Gasteiger partial charge in [-0.15, -0.1) is 0 Å². The number of fused-ring (bicyclic) bond motifs is 1. The van der Waals surface area contributed by atoms with E-state index in [0.29, 0.717) is 37.4 Å². The SMILES string of the molecule is CC(C)CN(CCO)CCC[C@H](NC(=O)c1ccc(CNC(C)c2ncc[nH]2)cc1)C(=O)N[C@@H](C)c1cccc2ccccc12. The molecule has 1 aromatic heterocycles. The van der Waals surface area contributed by atoms with E-state index in [4.69, 9.17) is 0 Å². The normalized spacial score (nSPS) is 13.6. The predicted octanol–water partition coefficient (Wildman–Crippen LogP) is 5.12. The minimum atomic E-state index is -0.708. The number of imidazole rings is 1. The first-order chi connectivity index (χ1) is 21.7. The predicted molar refractivity (Wildman–Crippen MR) is 180 cm³/mol. The Kier molecular flexibility index (Phi) is 12.7. The molecule has 0 bridgehead atoms. The van der Waals surface area contributed by atoms with Crippen LogP contribution >= 0.6 is 0 Å². The number of H-pyrrole nitrogens is 1. The summed E-state index contributed by atoms with van der Waals surface area (Å²) in [6.07, 6.45) is 4.71. The van der Waals surface area contributed by atoms with Crippen molar-refractivity contribution in [3.8, 4) is 0 Å². The van der Waals surface area contributed by atoms with Crippen LogP contribution in [0.25, 0.3) is 10.8 Å². The molecule has 3 aromatic carbocycles. The van der Waals surface area contributed by atoms with Crippen molar-refractivity contribution in [2.24, 2.45) is 5.92 Å². The van der Waals surface area contributed by atoms with Crippen LogP contribution in [0.2, 0.25) is 0 Å². The molecule has 2 amide bonds. The average Bonchev–Trinajstić information content (AvgIpc) is 3.58. The average molecular weight is 613 g/mol. The van der Waals surface area contributed by atoms with Gasteiger partial charge in [-0.3, -0.25) is 9.59 Å². The zero-order valence-corrected chi connectivity index (χ0v) is 26.9. The second kappa shape index (κ2) is 16.9. The molecule has 0 radical (unpaired) electrons. The van der Waals surface area contributed by atoms with Crippen molar-refractivity contribution in [2.75, 3.05) is 26.2 Å². The Morgan fingerprint density at radius 2 is 1.67 bits per heavy atom. The molecule has 45 heavy (non-hydrogen) atoms. The van der Waals surface area contributed by atoms with Gasteiger partial charge in [0, 0.05) is 37.6 Å². The Hall–Kier alpha value is -4.05. The van der Waals surface area contributed by atoms with Gasteiger partial charge in [-0.1, -0.05) is 68.4 Å². The van der Waals surface area contributed by atoms with E-state index in [-0.39, 0.29) is 30.5 Å². The van der Waals surface area contributed by atoms with E-state index >= 15 is 0 Å². The van der Waals surface area contributed by atoms with E-state index in [1.54, 1.807) is 24.5 Å². The second-order valence-corrected chi connectivity index (χ2v) is 12.2. The molecule has 0 aliphatic rings. The summed E-state index contributed by atoms with van der Waals surface area (Å²) in [6.45, 7) is 11.2. The number of aromatic amines is 1. The van der Waals surface area contributed by atoms with Gasteiger partial charge in [-0.2, -0.15) is 0 Å². The number of amides is 2. The number of aliphatic hydroxyl groups excluding tert-OH is 1. The Bertz CT molecular complexity index is 1480. The van der Waals surface area contributed by atoms with Gasteiger partial charge in [0.2, 0.25) is 5.91 Å². The quantitative estimate of drug-likeness (QED) is 0.113. The molecular weight excluding hydrogens is 564 g/mol. The fraction of sp³-hybridized carbons (Fsp3) is 0.417. The Balaban J connectivity index is 1.42. The van der Waals surface area contributed by atoms with Crippen LogP contribution in [0.15, 0.2) is 79.1 Å². The highest BCUT2D eigenvalue weighted by molar-refractivity contribution is 5.97. The number of benzene rings is 3. The number of nitrogens with one attached hydrogen (secondary N) is 4. The van der Waals surface area contributed by atoms with Gasteiger partial charge in [0.25, 0.3) is 5.91 Å². The summed E-state index contributed by atoms with van der Waals surface area (Å²) < 4.78 is 0. The maximum absolute atomic E-state index is 13.7. The number of hydrogen-bond donors (Lipinski definition) is 5. The Morgan fingerprint density at radius 1 is 0.911 bits per heavy atom. The van der Waals surface area contributed by atoms with Crippen molar-refractivity contribution in [2.45, 2.75) is 65.2 Å². The molecule has 1 heterocycles. The van der Waals surface area contributed by atoms with Crippen molar-refractivity contribution in [3.05, 3.63) is 102 Å². The molecule has 0 saturated carbocycles. The minimum absolute atomic E-state index is 0.0624. The number of hydrogen-bond acceptors (Lipinski definition) is 6. The molecule has 5 N–H and O–H groups in total. The molecule has 9 nitrogen and oxygen atoms in total. The van der Waals surface area contributed by atoms with Crippen molar-refractivity contribution in [1.82, 2.24) is 30.8 Å². The lowest BCUT2D eigenvalue weighted by molar-refractivity contribution is -0.123. The molecule has 240 valence electrons. The zero-order valence-electron chi connectivity index (χ0n) is 26.9. The van der Waals surface area contributed by atoms with E-state index in [1.165, 1.54) is 0 Å². The van der Waals surface area contributed by atoms with Gasteiger partial charge in [-0.25, -0.2) is 4.98 Å². The van der Waals surface area contributed by atoms with Crippen molar-refractivity contribution in [1.29, 1.82) is 0 Å². The molecule has 3 atom stereocenters. The fourth-order valence-corrected chi connectivity index (χ4v) is 5.66. The standard InChI is InChI=1S/C36H48N6O3/c1-25(2)24-42(21-22-43)20-8-13-33(36(45)40-26(3)31-12-7-10-29-9-5-6-11-32(29)31)41-35(44)30-16-14-28(15-17-30)23-39-27(4)34-37-18-19-38-34/h5-7,9-12,14-19,25-27,33,39,43H,8,13,20-24H2,1-4H3,(H,37,38)(H,40,45)(H,41,44)/t26-,27?,33-/m0/s1. The van der Waals surface area contributed by atoms with Gasteiger partial charge >= 0.3 is 0 Å². The Morgan fingerprint density at radius 3 is 2.38 bits per heavy atom. The first kappa shape index (κ1) is 33.8. The van der Waals surface area contributed by atoms with Crippen LogP contribution in [0.4, 0.5) is 0 Å². The fourth-order valence-electron chi connectivity index (χ4n) is 5.66. The summed E-state index contributed by atoms with van der Waals surface area (Å²) in [5.41, 5.74) is 2.57. The molecule has 4 rings (SSSR count). The van der Waals surface area contributed by atoms with Crippen LogP contribution in [0, 0.1) is 5.92 Å². The highest BCUT2D eigenvalue weighted by Crippen LogP contribution is 2.24. The van der Waals surface area contributed by atoms with Crippen molar-refractivity contribution in [3.63, 3.8) is 0 Å². The summed E-state index contributed by atoms with van der Waals surface area (Å²) in [6, 6.07) is 20.8. The van der Waals surface area contributed by atoms with E-state index < -0.39 is 6.04 Å². The number of nitrogens with zero attached hydrogens (tertiary/aromatic N) is 2. The molecule has 1 unspecified atom stereocenters. The zero-order chi connectivity index (χ0) is 32.2. The van der Waals surface area contributed by atoms with Crippen LogP contribution in [-0.4, -0.2) is 64.1 Å². The number of aromatic nitrogens is 2. The molecule has 0 aliphatic heterocycles. The summed E-state index contributed by atoms with van der Waals surface area (Å²) in [4.78, 5) is 36.7. The van der Waals surface area contributed by atoms with Gasteiger partial charge in [0.1, 0.15) is 11.9 Å². The first-order valence-electron chi connectivity index (χ1n) is 16.0. The third-order valence-electron chi connectivity index (χ3n) is 8.04. The molecule has 0 aliphatic carbocycles. The van der Waals surface area contributed by atoms with Crippen LogP contribution in [0.5, 0.6) is 0 Å². The molecule has 4 aromatic rings. The topological polar surface area (TPSA) is 122 Å². The number of carbonyl (C=O) groups is 2. The number of carbonyl (C=O) groups excluding carboxylic acids is 2. The number of aliphatic hydroxyl groups is 1. The highest BCUT2D eigenvalue weighted by atomic mass is 16.3. The molecule has 0 spiro atoms. The smallest absolute Gasteiger partial charge is 0.251 e. The van der Waals surface area contributed by atoms with Gasteiger partial charge in [0.15, 0.2) is 0 Å². The molecule has 0 fully saturated rings. The molecular formula is C36H48N6O3. The first-order valence-corrected chi connectivity index (χ1v) is 16.0. The van der Waals surface area contributed by atoms with E-state index in [1.807, 2.05) is 50.2 Å². The van der Waals surface area contributed by atoms with Crippen LogP contribution in [-0.2, 0) is 11.3 Å². The van der Waals surface area contributed by atoms with Crippen LogP contribution in [0.3, 0.4) is 0 Å². The summed E-state index contributed by atoms with van der Waals surface area (Å²) in [5.74, 6) is 0.831. The maximum atomic E-state index is 13.7. The summed E-state index contributed by atoms with van der Waals surface area (Å²) in [7, 11) is 0. The monoisotopic (exact) mass is 612 g/mol. The van der Waals surface area contributed by atoms with Crippen molar-refractivity contribution >= 4 is 22.6 Å². The lowest BCUT2D eigenvalue weighted by Crippen LogP contribution is -2.47. The second-order valence-electron chi connectivity index (χ2n) is 12.2. The van der Waals surface area contributed by atoms with Crippen LogP contribution < -0.4 is 16.0 Å². The largest absolute Gasteiger partial charge is 0.395 e. The van der Waals surface area contributed by atoms with Gasteiger partial charge < -0.3 is 30.9 Å². The molecule has 0 saturated heterocycles. The lowest BCUT2D eigenvalue weighted by Gasteiger charge is -2.26. The van der Waals surface area contributed by atoms with Crippen LogP contribution in [0.1, 0.15) is 79.9 Å². The van der Waals surface area contributed by atoms with E-state index in [0.717, 1.165) is 40.8 Å².